The predicted molar refractivity (Wildman–Crippen MR) is 58.6 cm³/mol. The van der Waals surface area contributed by atoms with Crippen molar-refractivity contribution in [3.05, 3.63) is 28.5 Å². The molecule has 72 valence electrons. The average Bonchev–Trinajstić information content (AvgIpc) is 2.17. The molecule has 0 saturated heterocycles. The van der Waals surface area contributed by atoms with Crippen LogP contribution in [-0.4, -0.2) is 11.5 Å². The summed E-state index contributed by atoms with van der Waals surface area (Å²) >= 11 is 3.50. The number of nitrogens with two attached hydrogens (primary N) is 1. The molecule has 2 nitrogen and oxygen atoms in total. The lowest BCUT2D eigenvalue weighted by Gasteiger charge is -2.26. The summed E-state index contributed by atoms with van der Waals surface area (Å²) in [5.41, 5.74) is 6.80. The predicted octanol–water partition coefficient (Wildman–Crippen LogP) is 2.47. The molecule has 1 aromatic heterocycles. The molecule has 0 saturated carbocycles. The molecule has 0 bridgehead atoms. The first-order chi connectivity index (χ1) is 6.14. The Balaban J connectivity index is 3.12. The van der Waals surface area contributed by atoms with Crippen molar-refractivity contribution in [2.75, 3.05) is 6.54 Å². The molecule has 0 aliphatic rings. The number of hydrogen-bond acceptors (Lipinski definition) is 2. The Labute approximate surface area is 87.7 Å². The number of pyridine rings is 1. The fourth-order valence-corrected chi connectivity index (χ4v) is 1.97. The highest BCUT2D eigenvalue weighted by molar-refractivity contribution is 9.10. The van der Waals surface area contributed by atoms with E-state index in [9.17, 15) is 0 Å². The standard InChI is InChI=1S/C10H15BrN2/c1-3-10(2,7-12)9-8(11)5-4-6-13-9/h4-6H,3,7,12H2,1-2H3. The zero-order valence-corrected chi connectivity index (χ0v) is 9.63. The monoisotopic (exact) mass is 242 g/mol. The van der Waals surface area contributed by atoms with Crippen LogP contribution < -0.4 is 5.73 Å². The molecule has 13 heavy (non-hydrogen) atoms. The quantitative estimate of drug-likeness (QED) is 0.885. The largest absolute Gasteiger partial charge is 0.330 e. The van der Waals surface area contributed by atoms with Gasteiger partial charge in [-0.2, -0.15) is 0 Å². The van der Waals surface area contributed by atoms with Gasteiger partial charge in [0.05, 0.1) is 5.69 Å². The van der Waals surface area contributed by atoms with Gasteiger partial charge in [-0.15, -0.1) is 0 Å². The Kier molecular flexibility index (Phi) is 3.45. The van der Waals surface area contributed by atoms with E-state index in [-0.39, 0.29) is 5.41 Å². The normalized spacial score (nSPS) is 15.4. The summed E-state index contributed by atoms with van der Waals surface area (Å²) in [5, 5.41) is 0. The first-order valence-corrected chi connectivity index (χ1v) is 5.24. The highest BCUT2D eigenvalue weighted by atomic mass is 79.9. The van der Waals surface area contributed by atoms with Crippen LogP contribution in [0.4, 0.5) is 0 Å². The van der Waals surface area contributed by atoms with E-state index >= 15 is 0 Å². The van der Waals surface area contributed by atoms with Crippen LogP contribution in [0.15, 0.2) is 22.8 Å². The first kappa shape index (κ1) is 10.7. The number of aromatic nitrogens is 1. The van der Waals surface area contributed by atoms with Gasteiger partial charge in [-0.1, -0.05) is 13.8 Å². The van der Waals surface area contributed by atoms with Crippen molar-refractivity contribution in [2.24, 2.45) is 5.73 Å². The van der Waals surface area contributed by atoms with Gasteiger partial charge in [0.2, 0.25) is 0 Å². The van der Waals surface area contributed by atoms with Crippen LogP contribution >= 0.6 is 15.9 Å². The van der Waals surface area contributed by atoms with Crippen LogP contribution in [0.2, 0.25) is 0 Å². The molecule has 0 radical (unpaired) electrons. The molecule has 1 rings (SSSR count). The first-order valence-electron chi connectivity index (χ1n) is 4.45. The molecule has 0 aliphatic heterocycles. The maximum Gasteiger partial charge on any atom is 0.0616 e. The van der Waals surface area contributed by atoms with Gasteiger partial charge in [0.25, 0.3) is 0 Å². The van der Waals surface area contributed by atoms with Crippen molar-refractivity contribution in [1.29, 1.82) is 0 Å². The van der Waals surface area contributed by atoms with Crippen molar-refractivity contribution >= 4 is 15.9 Å². The third-order valence-corrected chi connectivity index (χ3v) is 3.20. The van der Waals surface area contributed by atoms with Gasteiger partial charge in [-0.05, 0) is 34.5 Å². The minimum atomic E-state index is -0.0138. The number of halogens is 1. The summed E-state index contributed by atoms with van der Waals surface area (Å²) in [6, 6.07) is 3.92. The van der Waals surface area contributed by atoms with Gasteiger partial charge in [-0.3, -0.25) is 4.98 Å². The van der Waals surface area contributed by atoms with Gasteiger partial charge in [0, 0.05) is 22.6 Å². The third kappa shape index (κ3) is 2.09. The van der Waals surface area contributed by atoms with Crippen LogP contribution in [0.5, 0.6) is 0 Å². The Morgan fingerprint density at radius 1 is 1.62 bits per heavy atom. The Morgan fingerprint density at radius 2 is 2.31 bits per heavy atom. The molecule has 1 unspecified atom stereocenters. The fraction of sp³-hybridized carbons (Fsp3) is 0.500. The molecule has 1 heterocycles. The molecular weight excluding hydrogens is 228 g/mol. The smallest absolute Gasteiger partial charge is 0.0616 e. The van der Waals surface area contributed by atoms with E-state index in [0.717, 1.165) is 16.6 Å². The maximum atomic E-state index is 5.76. The molecule has 0 amide bonds. The topological polar surface area (TPSA) is 38.9 Å². The van der Waals surface area contributed by atoms with E-state index in [1.807, 2.05) is 18.3 Å². The number of hydrogen-bond donors (Lipinski definition) is 1. The van der Waals surface area contributed by atoms with Crippen LogP contribution in [0.25, 0.3) is 0 Å². The van der Waals surface area contributed by atoms with Crippen molar-refractivity contribution in [2.45, 2.75) is 25.7 Å². The Bertz CT molecular complexity index is 282. The molecule has 2 N–H and O–H groups in total. The van der Waals surface area contributed by atoms with Gasteiger partial charge in [0.15, 0.2) is 0 Å². The average molecular weight is 243 g/mol. The van der Waals surface area contributed by atoms with Gasteiger partial charge < -0.3 is 5.73 Å². The summed E-state index contributed by atoms with van der Waals surface area (Å²) in [5.74, 6) is 0. The van der Waals surface area contributed by atoms with E-state index < -0.39 is 0 Å². The molecule has 0 fully saturated rings. The van der Waals surface area contributed by atoms with Crippen LogP contribution in [0.1, 0.15) is 26.0 Å². The lowest BCUT2D eigenvalue weighted by molar-refractivity contribution is 0.451. The SMILES string of the molecule is CCC(C)(CN)c1ncccc1Br. The second-order valence-corrected chi connectivity index (χ2v) is 4.31. The maximum absolute atomic E-state index is 5.76. The highest BCUT2D eigenvalue weighted by Crippen LogP contribution is 2.29. The number of rotatable bonds is 3. The molecule has 0 spiro atoms. The highest BCUT2D eigenvalue weighted by Gasteiger charge is 2.26. The molecule has 0 aromatic carbocycles. The van der Waals surface area contributed by atoms with Crippen LogP contribution in [0.3, 0.4) is 0 Å². The summed E-state index contributed by atoms with van der Waals surface area (Å²) in [7, 11) is 0. The summed E-state index contributed by atoms with van der Waals surface area (Å²) in [6.07, 6.45) is 2.81. The minimum absolute atomic E-state index is 0.0138. The van der Waals surface area contributed by atoms with Crippen LogP contribution in [0, 0.1) is 0 Å². The van der Waals surface area contributed by atoms with Gasteiger partial charge in [-0.25, -0.2) is 0 Å². The summed E-state index contributed by atoms with van der Waals surface area (Å²) in [4.78, 5) is 4.37. The van der Waals surface area contributed by atoms with E-state index in [4.69, 9.17) is 5.73 Å². The third-order valence-electron chi connectivity index (χ3n) is 2.56. The van der Waals surface area contributed by atoms with Crippen LogP contribution in [-0.2, 0) is 5.41 Å². The molecule has 3 heteroatoms. The Hall–Kier alpha value is -0.410. The van der Waals surface area contributed by atoms with Crippen molar-refractivity contribution in [1.82, 2.24) is 4.98 Å². The zero-order valence-electron chi connectivity index (χ0n) is 8.05. The molecule has 0 aliphatic carbocycles. The van der Waals surface area contributed by atoms with E-state index in [2.05, 4.69) is 34.8 Å². The van der Waals surface area contributed by atoms with Crippen molar-refractivity contribution in [3.63, 3.8) is 0 Å². The number of nitrogens with zero attached hydrogens (tertiary/aromatic N) is 1. The van der Waals surface area contributed by atoms with E-state index in [1.54, 1.807) is 0 Å². The fourth-order valence-electron chi connectivity index (χ4n) is 1.24. The zero-order chi connectivity index (χ0) is 9.90. The lowest BCUT2D eigenvalue weighted by atomic mass is 9.84. The lowest BCUT2D eigenvalue weighted by Crippen LogP contribution is -2.32. The molecule has 1 aromatic rings. The van der Waals surface area contributed by atoms with Gasteiger partial charge in [0.1, 0.15) is 0 Å². The van der Waals surface area contributed by atoms with Crippen molar-refractivity contribution in [3.8, 4) is 0 Å². The van der Waals surface area contributed by atoms with Gasteiger partial charge >= 0.3 is 0 Å². The van der Waals surface area contributed by atoms with Crippen molar-refractivity contribution < 1.29 is 0 Å². The molecular formula is C10H15BrN2. The van der Waals surface area contributed by atoms with E-state index in [1.165, 1.54) is 0 Å². The second kappa shape index (κ2) is 4.20. The minimum Gasteiger partial charge on any atom is -0.330 e. The second-order valence-electron chi connectivity index (χ2n) is 3.45. The Morgan fingerprint density at radius 3 is 2.77 bits per heavy atom. The summed E-state index contributed by atoms with van der Waals surface area (Å²) < 4.78 is 1.05. The van der Waals surface area contributed by atoms with E-state index in [0.29, 0.717) is 6.54 Å². The molecule has 1 atom stereocenters. The summed E-state index contributed by atoms with van der Waals surface area (Å²) in [6.45, 7) is 4.90.